The average Bonchev–Trinajstić information content (AvgIpc) is 3.26. The van der Waals surface area contributed by atoms with Gasteiger partial charge in [0.15, 0.2) is 5.17 Å². The Morgan fingerprint density at radius 1 is 1.10 bits per heavy atom. The van der Waals surface area contributed by atoms with E-state index >= 15 is 0 Å². The smallest absolute Gasteiger partial charge is 0.264 e. The molecule has 4 rings (SSSR count). The SMILES string of the molecule is CCc1ccc(-n2c(C)cc(/C=C3\SC(=Nc4ccc(OC)cc4)NC3=O)c2C)cc1. The van der Waals surface area contributed by atoms with Crippen molar-refractivity contribution >= 4 is 34.6 Å². The summed E-state index contributed by atoms with van der Waals surface area (Å²) in [6.45, 7) is 6.32. The molecule has 2 heterocycles. The van der Waals surface area contributed by atoms with Crippen LogP contribution in [0.2, 0.25) is 0 Å². The fourth-order valence-electron chi connectivity index (χ4n) is 3.61. The van der Waals surface area contributed by atoms with Crippen molar-refractivity contribution in [3.63, 3.8) is 0 Å². The maximum absolute atomic E-state index is 12.5. The second-order valence-electron chi connectivity index (χ2n) is 7.36. The fourth-order valence-corrected chi connectivity index (χ4v) is 4.44. The lowest BCUT2D eigenvalue weighted by Crippen LogP contribution is -2.19. The van der Waals surface area contributed by atoms with Crippen LogP contribution in [0.1, 0.15) is 29.4 Å². The lowest BCUT2D eigenvalue weighted by atomic mass is 10.1. The molecule has 0 saturated carbocycles. The van der Waals surface area contributed by atoms with Gasteiger partial charge in [0.1, 0.15) is 5.75 Å². The zero-order valence-corrected chi connectivity index (χ0v) is 18.9. The van der Waals surface area contributed by atoms with Gasteiger partial charge in [-0.05, 0) is 91.7 Å². The number of aromatic nitrogens is 1. The number of amidine groups is 1. The van der Waals surface area contributed by atoms with Crippen molar-refractivity contribution in [1.29, 1.82) is 0 Å². The van der Waals surface area contributed by atoms with Crippen molar-refractivity contribution in [2.24, 2.45) is 4.99 Å². The molecule has 1 fully saturated rings. The first kappa shape index (κ1) is 21.0. The largest absolute Gasteiger partial charge is 0.497 e. The number of amides is 1. The maximum Gasteiger partial charge on any atom is 0.264 e. The van der Waals surface area contributed by atoms with E-state index in [1.807, 2.05) is 30.3 Å². The van der Waals surface area contributed by atoms with Crippen LogP contribution in [0.25, 0.3) is 11.8 Å². The summed E-state index contributed by atoms with van der Waals surface area (Å²) >= 11 is 1.35. The number of hydrogen-bond donors (Lipinski definition) is 1. The topological polar surface area (TPSA) is 55.6 Å². The molecule has 1 saturated heterocycles. The van der Waals surface area contributed by atoms with Crippen LogP contribution >= 0.6 is 11.8 Å². The number of hydrogen-bond acceptors (Lipinski definition) is 4. The van der Waals surface area contributed by atoms with E-state index in [1.165, 1.54) is 17.3 Å². The molecule has 0 atom stereocenters. The predicted molar refractivity (Wildman–Crippen MR) is 128 cm³/mol. The van der Waals surface area contributed by atoms with Crippen LogP contribution < -0.4 is 10.1 Å². The number of benzene rings is 2. The normalized spacial score (nSPS) is 16.2. The van der Waals surface area contributed by atoms with E-state index in [1.54, 1.807) is 7.11 Å². The van der Waals surface area contributed by atoms with Crippen molar-refractivity contribution in [3.05, 3.63) is 82.0 Å². The monoisotopic (exact) mass is 431 g/mol. The molecular formula is C25H25N3O2S. The van der Waals surface area contributed by atoms with Gasteiger partial charge in [-0.3, -0.25) is 4.79 Å². The second kappa shape index (κ2) is 8.86. The number of rotatable bonds is 5. The number of carbonyl (C=O) groups is 1. The molecule has 2 aromatic carbocycles. The summed E-state index contributed by atoms with van der Waals surface area (Å²) in [5.41, 5.74) is 6.46. The lowest BCUT2D eigenvalue weighted by molar-refractivity contribution is -0.115. The highest BCUT2D eigenvalue weighted by atomic mass is 32.2. The molecule has 158 valence electrons. The van der Waals surface area contributed by atoms with Crippen LogP contribution in [-0.2, 0) is 11.2 Å². The van der Waals surface area contributed by atoms with E-state index in [0.717, 1.165) is 40.5 Å². The lowest BCUT2D eigenvalue weighted by Gasteiger charge is -2.10. The third-order valence-corrected chi connectivity index (χ3v) is 6.22. The molecular weight excluding hydrogens is 406 g/mol. The number of aryl methyl sites for hydroxylation is 2. The summed E-state index contributed by atoms with van der Waals surface area (Å²) < 4.78 is 7.39. The average molecular weight is 432 g/mol. The first-order chi connectivity index (χ1) is 15.0. The first-order valence-electron chi connectivity index (χ1n) is 10.2. The summed E-state index contributed by atoms with van der Waals surface area (Å²) in [6.07, 6.45) is 2.96. The molecule has 6 heteroatoms. The number of methoxy groups -OCH3 is 1. The molecule has 1 N–H and O–H groups in total. The highest BCUT2D eigenvalue weighted by molar-refractivity contribution is 8.18. The molecule has 1 aliphatic rings. The molecule has 3 aromatic rings. The Labute approximate surface area is 186 Å². The van der Waals surface area contributed by atoms with E-state index in [9.17, 15) is 4.79 Å². The molecule has 0 bridgehead atoms. The van der Waals surface area contributed by atoms with E-state index in [0.29, 0.717) is 10.1 Å². The summed E-state index contributed by atoms with van der Waals surface area (Å²) in [5.74, 6) is 0.640. The summed E-state index contributed by atoms with van der Waals surface area (Å²) in [6, 6.07) is 18.1. The molecule has 1 aromatic heterocycles. The Hall–Kier alpha value is -3.25. The van der Waals surface area contributed by atoms with Crippen molar-refractivity contribution in [3.8, 4) is 11.4 Å². The van der Waals surface area contributed by atoms with Gasteiger partial charge in [-0.15, -0.1) is 0 Å². The fraction of sp³-hybridized carbons (Fsp3) is 0.200. The first-order valence-corrected chi connectivity index (χ1v) is 11.0. The Bertz CT molecular complexity index is 1170. The Kier molecular flexibility index (Phi) is 6.00. The van der Waals surface area contributed by atoms with Gasteiger partial charge in [-0.2, -0.15) is 0 Å². The van der Waals surface area contributed by atoms with Gasteiger partial charge in [0.2, 0.25) is 0 Å². The molecule has 0 unspecified atom stereocenters. The minimum absolute atomic E-state index is 0.130. The van der Waals surface area contributed by atoms with Crippen molar-refractivity contribution in [1.82, 2.24) is 9.88 Å². The maximum atomic E-state index is 12.5. The minimum atomic E-state index is -0.130. The molecule has 5 nitrogen and oxygen atoms in total. The van der Waals surface area contributed by atoms with Crippen molar-refractivity contribution in [2.45, 2.75) is 27.2 Å². The molecule has 0 radical (unpaired) electrons. The molecule has 1 aliphatic heterocycles. The van der Waals surface area contributed by atoms with Crippen molar-refractivity contribution < 1.29 is 9.53 Å². The third kappa shape index (κ3) is 4.44. The van der Waals surface area contributed by atoms with Crippen LogP contribution in [-0.4, -0.2) is 22.8 Å². The highest BCUT2D eigenvalue weighted by Gasteiger charge is 2.24. The Morgan fingerprint density at radius 3 is 2.45 bits per heavy atom. The van der Waals surface area contributed by atoms with Gasteiger partial charge in [-0.1, -0.05) is 19.1 Å². The Balaban J connectivity index is 1.59. The zero-order chi connectivity index (χ0) is 22.0. The molecule has 1 amide bonds. The van der Waals surface area contributed by atoms with E-state index in [4.69, 9.17) is 4.74 Å². The van der Waals surface area contributed by atoms with Gasteiger partial charge in [-0.25, -0.2) is 4.99 Å². The van der Waals surface area contributed by atoms with Crippen LogP contribution in [0.5, 0.6) is 5.75 Å². The predicted octanol–water partition coefficient (Wildman–Crippen LogP) is 5.56. The van der Waals surface area contributed by atoms with Crippen molar-refractivity contribution in [2.75, 3.05) is 7.11 Å². The number of aliphatic imine (C=N–C) groups is 1. The third-order valence-electron chi connectivity index (χ3n) is 5.31. The van der Waals surface area contributed by atoms with E-state index in [-0.39, 0.29) is 5.91 Å². The van der Waals surface area contributed by atoms with Crippen LogP contribution in [0.3, 0.4) is 0 Å². The van der Waals surface area contributed by atoms with Gasteiger partial charge >= 0.3 is 0 Å². The zero-order valence-electron chi connectivity index (χ0n) is 18.1. The van der Waals surface area contributed by atoms with E-state index in [2.05, 4.69) is 66.0 Å². The minimum Gasteiger partial charge on any atom is -0.497 e. The quantitative estimate of drug-likeness (QED) is 0.538. The number of nitrogens with one attached hydrogen (secondary N) is 1. The number of thioether (sulfide) groups is 1. The molecule has 31 heavy (non-hydrogen) atoms. The van der Waals surface area contributed by atoms with E-state index < -0.39 is 0 Å². The second-order valence-corrected chi connectivity index (χ2v) is 8.39. The highest BCUT2D eigenvalue weighted by Crippen LogP contribution is 2.31. The number of nitrogens with zero attached hydrogens (tertiary/aromatic N) is 2. The summed E-state index contributed by atoms with van der Waals surface area (Å²) in [5, 5.41) is 3.43. The molecule has 0 spiro atoms. The van der Waals surface area contributed by atoms with Crippen LogP contribution in [0.4, 0.5) is 5.69 Å². The molecule has 0 aliphatic carbocycles. The van der Waals surface area contributed by atoms with Crippen LogP contribution in [0, 0.1) is 13.8 Å². The standard InChI is InChI=1S/C25H25N3O2S/c1-5-18-6-10-21(11-7-18)28-16(2)14-19(17(28)3)15-23-24(29)27-25(31-23)26-20-8-12-22(30-4)13-9-20/h6-15H,5H2,1-4H3,(H,26,27,29)/b23-15-. The summed E-state index contributed by atoms with van der Waals surface area (Å²) in [4.78, 5) is 17.7. The van der Waals surface area contributed by atoms with Gasteiger partial charge in [0.05, 0.1) is 17.7 Å². The van der Waals surface area contributed by atoms with Gasteiger partial charge in [0, 0.05) is 17.1 Å². The Morgan fingerprint density at radius 2 is 1.81 bits per heavy atom. The number of ether oxygens (including phenoxy) is 1. The van der Waals surface area contributed by atoms with Crippen LogP contribution in [0.15, 0.2) is 64.5 Å². The number of carbonyl (C=O) groups excluding carboxylic acids is 1. The summed E-state index contributed by atoms with van der Waals surface area (Å²) in [7, 11) is 1.63. The van der Waals surface area contributed by atoms with Gasteiger partial charge in [0.25, 0.3) is 5.91 Å². The van der Waals surface area contributed by atoms with Gasteiger partial charge < -0.3 is 14.6 Å².